The van der Waals surface area contributed by atoms with Crippen LogP contribution in [-0.2, 0) is 14.4 Å². The largest absolute Gasteiger partial charge is 0.381 e. The van der Waals surface area contributed by atoms with Crippen LogP contribution < -0.4 is 4.90 Å². The van der Waals surface area contributed by atoms with Crippen LogP contribution in [0.3, 0.4) is 0 Å². The number of rotatable bonds is 3. The van der Waals surface area contributed by atoms with Gasteiger partial charge in [-0.15, -0.1) is 0 Å². The van der Waals surface area contributed by atoms with Crippen LogP contribution in [0.1, 0.15) is 5.56 Å². The lowest BCUT2D eigenvalue weighted by Gasteiger charge is -2.14. The molecule has 1 fully saturated rings. The van der Waals surface area contributed by atoms with Crippen molar-refractivity contribution in [3.05, 3.63) is 72.3 Å². The molecule has 5 nitrogen and oxygen atoms in total. The summed E-state index contributed by atoms with van der Waals surface area (Å²) < 4.78 is 0. The van der Waals surface area contributed by atoms with Gasteiger partial charge in [-0.2, -0.15) is 0 Å². The number of carbonyl (C=O) groups is 2. The fourth-order valence-electron chi connectivity index (χ4n) is 2.92. The minimum atomic E-state index is -0.867. The van der Waals surface area contributed by atoms with Gasteiger partial charge in [0.05, 0.1) is 11.4 Å². The number of anilines is 1. The van der Waals surface area contributed by atoms with E-state index in [9.17, 15) is 9.59 Å². The van der Waals surface area contributed by atoms with Crippen molar-refractivity contribution in [2.24, 2.45) is 11.1 Å². The monoisotopic (exact) mass is 318 g/mol. The molecule has 1 saturated heterocycles. The number of para-hydroxylation sites is 1. The normalized spacial score (nSPS) is 22.7. The Hall–Kier alpha value is -3.21. The molecule has 2 amide bonds. The van der Waals surface area contributed by atoms with Crippen LogP contribution in [0.5, 0.6) is 0 Å². The zero-order valence-corrected chi connectivity index (χ0v) is 12.7. The Morgan fingerprint density at radius 2 is 1.54 bits per heavy atom. The molecule has 2 aromatic carbocycles. The van der Waals surface area contributed by atoms with Crippen molar-refractivity contribution in [3.63, 3.8) is 0 Å². The van der Waals surface area contributed by atoms with Crippen molar-refractivity contribution < 1.29 is 14.4 Å². The van der Waals surface area contributed by atoms with Crippen molar-refractivity contribution >= 4 is 29.3 Å². The van der Waals surface area contributed by atoms with Crippen LogP contribution in [0.2, 0.25) is 0 Å². The maximum atomic E-state index is 12.7. The van der Waals surface area contributed by atoms with Gasteiger partial charge in [-0.05, 0) is 23.8 Å². The van der Waals surface area contributed by atoms with Gasteiger partial charge in [-0.3, -0.25) is 9.59 Å². The van der Waals surface area contributed by atoms with E-state index in [1.54, 1.807) is 30.3 Å². The lowest BCUT2D eigenvalue weighted by molar-refractivity contribution is -0.126. The molecule has 0 bridgehead atoms. The molecule has 0 N–H and O–H groups in total. The Labute approximate surface area is 138 Å². The van der Waals surface area contributed by atoms with Crippen LogP contribution in [0.15, 0.2) is 71.9 Å². The van der Waals surface area contributed by atoms with Gasteiger partial charge in [-0.1, -0.05) is 59.8 Å². The van der Waals surface area contributed by atoms with E-state index in [-0.39, 0.29) is 11.8 Å². The number of nitrogens with zero attached hydrogens (tertiary/aromatic N) is 2. The zero-order valence-electron chi connectivity index (χ0n) is 12.7. The van der Waals surface area contributed by atoms with Crippen LogP contribution in [0.4, 0.5) is 5.69 Å². The highest BCUT2D eigenvalue weighted by Crippen LogP contribution is 2.33. The molecule has 2 aliphatic rings. The molecule has 0 radical (unpaired) electrons. The molecule has 0 spiro atoms. The van der Waals surface area contributed by atoms with E-state index < -0.39 is 12.0 Å². The highest BCUT2D eigenvalue weighted by molar-refractivity contribution is 6.31. The number of oxime groups is 1. The third-order valence-corrected chi connectivity index (χ3v) is 4.10. The van der Waals surface area contributed by atoms with Gasteiger partial charge in [0.1, 0.15) is 5.92 Å². The summed E-state index contributed by atoms with van der Waals surface area (Å²) in [5, 5.41) is 3.93. The predicted octanol–water partition coefficient (Wildman–Crippen LogP) is 2.64. The van der Waals surface area contributed by atoms with Gasteiger partial charge in [-0.25, -0.2) is 4.90 Å². The Balaban J connectivity index is 1.61. The molecule has 2 heterocycles. The zero-order chi connectivity index (χ0) is 16.5. The minimum absolute atomic E-state index is 0.301. The Morgan fingerprint density at radius 1 is 0.875 bits per heavy atom. The maximum absolute atomic E-state index is 12.7. The average molecular weight is 318 g/mol. The summed E-state index contributed by atoms with van der Waals surface area (Å²) in [6.45, 7) is 0. The summed E-state index contributed by atoms with van der Waals surface area (Å²) in [6.07, 6.45) is 2.72. The number of carbonyl (C=O) groups excluding carboxylic acids is 2. The third kappa shape index (κ3) is 2.31. The molecule has 0 saturated carbocycles. The molecule has 0 aliphatic carbocycles. The van der Waals surface area contributed by atoms with E-state index in [4.69, 9.17) is 4.84 Å². The second kappa shape index (κ2) is 5.77. The number of fused-ring (bicyclic) bond motifs is 1. The van der Waals surface area contributed by atoms with E-state index in [1.807, 2.05) is 42.5 Å². The summed E-state index contributed by atoms with van der Waals surface area (Å²) in [5.41, 5.74) is 2.01. The van der Waals surface area contributed by atoms with Gasteiger partial charge in [0, 0.05) is 0 Å². The number of benzene rings is 2. The number of amides is 2. The van der Waals surface area contributed by atoms with E-state index >= 15 is 0 Å². The Morgan fingerprint density at radius 3 is 2.25 bits per heavy atom. The highest BCUT2D eigenvalue weighted by atomic mass is 16.6. The molecule has 4 rings (SSSR count). The average Bonchev–Trinajstić information content (AvgIpc) is 3.15. The van der Waals surface area contributed by atoms with E-state index in [0.717, 1.165) is 5.56 Å². The Bertz CT molecular complexity index is 843. The minimum Gasteiger partial charge on any atom is -0.381 e. The third-order valence-electron chi connectivity index (χ3n) is 4.10. The number of imide groups is 1. The second-order valence-corrected chi connectivity index (χ2v) is 5.61. The van der Waals surface area contributed by atoms with Crippen LogP contribution >= 0.6 is 0 Å². The first-order valence-electron chi connectivity index (χ1n) is 7.65. The maximum Gasteiger partial charge on any atom is 0.278 e. The van der Waals surface area contributed by atoms with E-state index in [0.29, 0.717) is 11.4 Å². The fraction of sp³-hybridized carbons (Fsp3) is 0.105. The van der Waals surface area contributed by atoms with Crippen molar-refractivity contribution in [1.82, 2.24) is 0 Å². The first kappa shape index (κ1) is 14.4. The quantitative estimate of drug-likeness (QED) is 0.818. The molecular formula is C19H14N2O3. The van der Waals surface area contributed by atoms with Gasteiger partial charge in [0.15, 0.2) is 0 Å². The SMILES string of the molecule is O=C1[C@@H]2C(/C=C/c3ccccc3)=NO[C@H]2C(=O)N1c1ccccc1. The standard InChI is InChI=1S/C19H14N2O3/c22-18-16-15(12-11-13-7-3-1-4-8-13)20-24-17(16)19(23)21(18)14-9-5-2-6-10-14/h1-12,16-17H/b12-11+/t16-,17-/m1/s1. The predicted molar refractivity (Wildman–Crippen MR) is 90.2 cm³/mol. The lowest BCUT2D eigenvalue weighted by atomic mass is 9.99. The summed E-state index contributed by atoms with van der Waals surface area (Å²) in [4.78, 5) is 31.6. The molecule has 5 heteroatoms. The second-order valence-electron chi connectivity index (χ2n) is 5.61. The van der Waals surface area contributed by atoms with Crippen molar-refractivity contribution in [3.8, 4) is 0 Å². The Kier molecular flexibility index (Phi) is 3.46. The summed E-state index contributed by atoms with van der Waals surface area (Å²) in [7, 11) is 0. The van der Waals surface area contributed by atoms with Gasteiger partial charge in [0.2, 0.25) is 12.0 Å². The summed E-state index contributed by atoms with van der Waals surface area (Å²) in [6, 6.07) is 18.5. The van der Waals surface area contributed by atoms with Crippen LogP contribution in [-0.4, -0.2) is 23.6 Å². The molecular weight excluding hydrogens is 304 g/mol. The van der Waals surface area contributed by atoms with Crippen molar-refractivity contribution in [1.29, 1.82) is 0 Å². The molecule has 0 unspecified atom stereocenters. The first-order valence-corrected chi connectivity index (χ1v) is 7.65. The molecule has 2 aliphatic heterocycles. The number of allylic oxidation sites excluding steroid dienone is 1. The van der Waals surface area contributed by atoms with Gasteiger partial charge in [0.25, 0.3) is 5.91 Å². The molecule has 118 valence electrons. The molecule has 2 atom stereocenters. The number of hydrogen-bond donors (Lipinski definition) is 0. The van der Waals surface area contributed by atoms with Crippen LogP contribution in [0.25, 0.3) is 6.08 Å². The van der Waals surface area contributed by atoms with Crippen LogP contribution in [0, 0.1) is 5.92 Å². The summed E-state index contributed by atoms with van der Waals surface area (Å²) >= 11 is 0. The molecule has 24 heavy (non-hydrogen) atoms. The highest BCUT2D eigenvalue weighted by Gasteiger charge is 2.55. The fourth-order valence-corrected chi connectivity index (χ4v) is 2.92. The van der Waals surface area contributed by atoms with Gasteiger partial charge >= 0.3 is 0 Å². The smallest absolute Gasteiger partial charge is 0.278 e. The molecule has 0 aromatic heterocycles. The summed E-state index contributed by atoms with van der Waals surface area (Å²) in [5.74, 6) is -1.36. The first-order chi connectivity index (χ1) is 11.8. The lowest BCUT2D eigenvalue weighted by Crippen LogP contribution is -2.32. The van der Waals surface area contributed by atoms with Crippen molar-refractivity contribution in [2.75, 3.05) is 4.90 Å². The van der Waals surface area contributed by atoms with Crippen molar-refractivity contribution in [2.45, 2.75) is 6.10 Å². The topological polar surface area (TPSA) is 59.0 Å². The number of hydrogen-bond acceptors (Lipinski definition) is 4. The van der Waals surface area contributed by atoms with E-state index in [2.05, 4.69) is 5.16 Å². The molecule has 2 aromatic rings. The van der Waals surface area contributed by atoms with E-state index in [1.165, 1.54) is 4.90 Å². The van der Waals surface area contributed by atoms with Gasteiger partial charge < -0.3 is 4.84 Å².